The van der Waals surface area contributed by atoms with Crippen LogP contribution in [0.4, 0.5) is 0 Å². The van der Waals surface area contributed by atoms with Crippen LogP contribution < -0.4 is 5.32 Å². The summed E-state index contributed by atoms with van der Waals surface area (Å²) >= 11 is 5.30. The Morgan fingerprint density at radius 3 is 3.05 bits per heavy atom. The summed E-state index contributed by atoms with van der Waals surface area (Å²) in [5, 5.41) is 5.65. The molecule has 2 aromatic heterocycles. The number of imidazole rings is 1. The highest BCUT2D eigenvalue weighted by atomic mass is 79.9. The number of likely N-dealkylation sites (N-methyl/N-ethyl adjacent to an activating group) is 1. The number of halogens is 1. The molecule has 0 amide bonds. The molecule has 1 unspecified atom stereocenters. The van der Waals surface area contributed by atoms with Crippen LogP contribution in [-0.2, 0) is 6.42 Å². The molecule has 0 aliphatic rings. The molecular formula is C16H18BrN3S. The molecule has 0 fully saturated rings. The fraction of sp³-hybridized carbons (Fsp3) is 0.312. The minimum atomic E-state index is 0.289. The molecule has 1 N–H and O–H groups in total. The molecule has 5 heteroatoms. The standard InChI is InChI=1S/C16H18BrN3S/c1-3-18-15(13-5-4-6-14(17)11(13)2)9-12-10-20-7-8-21-16(20)19-12/h4-8,10,15,18H,3,9H2,1-2H3. The minimum Gasteiger partial charge on any atom is -0.310 e. The molecule has 1 aromatic carbocycles. The maximum Gasteiger partial charge on any atom is 0.193 e. The number of rotatable bonds is 5. The number of fused-ring (bicyclic) bond motifs is 1. The van der Waals surface area contributed by atoms with Crippen LogP contribution in [0, 0.1) is 6.92 Å². The van der Waals surface area contributed by atoms with Crippen LogP contribution in [0.15, 0.2) is 40.4 Å². The first-order chi connectivity index (χ1) is 10.2. The van der Waals surface area contributed by atoms with Crippen molar-refractivity contribution in [1.82, 2.24) is 14.7 Å². The first kappa shape index (κ1) is 14.8. The molecule has 3 aromatic rings. The van der Waals surface area contributed by atoms with Crippen LogP contribution >= 0.6 is 27.3 Å². The molecule has 3 nitrogen and oxygen atoms in total. The van der Waals surface area contributed by atoms with Crippen LogP contribution in [-0.4, -0.2) is 15.9 Å². The molecule has 0 aliphatic heterocycles. The highest BCUT2D eigenvalue weighted by Gasteiger charge is 2.16. The number of hydrogen-bond acceptors (Lipinski definition) is 3. The number of nitrogens with zero attached hydrogens (tertiary/aromatic N) is 2. The fourth-order valence-electron chi connectivity index (χ4n) is 2.62. The van der Waals surface area contributed by atoms with Crippen molar-refractivity contribution < 1.29 is 0 Å². The summed E-state index contributed by atoms with van der Waals surface area (Å²) in [4.78, 5) is 5.76. The summed E-state index contributed by atoms with van der Waals surface area (Å²) in [6, 6.07) is 6.68. The summed E-state index contributed by atoms with van der Waals surface area (Å²) in [5.41, 5.74) is 3.76. The summed E-state index contributed by atoms with van der Waals surface area (Å²) in [5.74, 6) is 0. The van der Waals surface area contributed by atoms with E-state index in [0.717, 1.165) is 28.1 Å². The van der Waals surface area contributed by atoms with E-state index in [1.807, 2.05) is 0 Å². The highest BCUT2D eigenvalue weighted by Crippen LogP contribution is 2.27. The van der Waals surface area contributed by atoms with E-state index in [1.165, 1.54) is 11.1 Å². The molecule has 0 saturated heterocycles. The summed E-state index contributed by atoms with van der Waals surface area (Å²) in [6.07, 6.45) is 5.09. The molecule has 21 heavy (non-hydrogen) atoms. The van der Waals surface area contributed by atoms with E-state index in [4.69, 9.17) is 4.98 Å². The van der Waals surface area contributed by atoms with E-state index in [-0.39, 0.29) is 6.04 Å². The topological polar surface area (TPSA) is 29.3 Å². The van der Waals surface area contributed by atoms with E-state index >= 15 is 0 Å². The molecule has 0 bridgehead atoms. The Morgan fingerprint density at radius 1 is 1.43 bits per heavy atom. The maximum atomic E-state index is 4.70. The molecule has 2 heterocycles. The highest BCUT2D eigenvalue weighted by molar-refractivity contribution is 9.10. The predicted octanol–water partition coefficient (Wildman–Crippen LogP) is 4.36. The zero-order valence-electron chi connectivity index (χ0n) is 12.1. The molecule has 0 saturated carbocycles. The Hall–Kier alpha value is -1.17. The smallest absolute Gasteiger partial charge is 0.193 e. The van der Waals surface area contributed by atoms with Crippen molar-refractivity contribution >= 4 is 32.2 Å². The number of benzene rings is 1. The summed E-state index contributed by atoms with van der Waals surface area (Å²) in [6.45, 7) is 5.25. The van der Waals surface area contributed by atoms with Gasteiger partial charge in [0.1, 0.15) is 0 Å². The second-order valence-electron chi connectivity index (χ2n) is 5.09. The Balaban J connectivity index is 1.90. The second-order valence-corrected chi connectivity index (χ2v) is 6.82. The minimum absolute atomic E-state index is 0.289. The third-order valence-electron chi connectivity index (χ3n) is 3.69. The lowest BCUT2D eigenvalue weighted by Crippen LogP contribution is -2.24. The van der Waals surface area contributed by atoms with Crippen molar-refractivity contribution in [2.75, 3.05) is 6.54 Å². The van der Waals surface area contributed by atoms with E-state index in [2.05, 4.69) is 75.5 Å². The monoisotopic (exact) mass is 363 g/mol. The second kappa shape index (κ2) is 6.30. The number of nitrogens with one attached hydrogen (secondary N) is 1. The lowest BCUT2D eigenvalue weighted by Gasteiger charge is -2.20. The Bertz CT molecular complexity index is 718. The molecule has 3 rings (SSSR count). The van der Waals surface area contributed by atoms with Gasteiger partial charge in [-0.25, -0.2) is 4.98 Å². The van der Waals surface area contributed by atoms with Gasteiger partial charge in [-0.1, -0.05) is 35.0 Å². The van der Waals surface area contributed by atoms with Gasteiger partial charge < -0.3 is 5.32 Å². The number of thiazole rings is 1. The fourth-order valence-corrected chi connectivity index (χ4v) is 3.72. The molecule has 110 valence electrons. The third-order valence-corrected chi connectivity index (χ3v) is 5.32. The van der Waals surface area contributed by atoms with Crippen molar-refractivity contribution in [3.8, 4) is 0 Å². The Morgan fingerprint density at radius 2 is 2.29 bits per heavy atom. The average molecular weight is 364 g/mol. The molecule has 1 atom stereocenters. The first-order valence-corrected chi connectivity index (χ1v) is 8.75. The Kier molecular flexibility index (Phi) is 4.42. The lowest BCUT2D eigenvalue weighted by atomic mass is 9.97. The SMILES string of the molecule is CCNC(Cc1cn2ccsc2n1)c1cccc(Br)c1C. The van der Waals surface area contributed by atoms with Gasteiger partial charge in [-0.2, -0.15) is 0 Å². The van der Waals surface area contributed by atoms with E-state index in [0.29, 0.717) is 0 Å². The van der Waals surface area contributed by atoms with Gasteiger partial charge in [-0.15, -0.1) is 11.3 Å². The predicted molar refractivity (Wildman–Crippen MR) is 92.1 cm³/mol. The van der Waals surface area contributed by atoms with Crippen molar-refractivity contribution in [2.45, 2.75) is 26.3 Å². The molecule has 0 aliphatic carbocycles. The van der Waals surface area contributed by atoms with Gasteiger partial charge in [-0.05, 0) is 30.7 Å². The molecule has 0 radical (unpaired) electrons. The van der Waals surface area contributed by atoms with Gasteiger partial charge in [0.15, 0.2) is 4.96 Å². The summed E-state index contributed by atoms with van der Waals surface area (Å²) in [7, 11) is 0. The van der Waals surface area contributed by atoms with E-state index < -0.39 is 0 Å². The first-order valence-electron chi connectivity index (χ1n) is 7.08. The van der Waals surface area contributed by atoms with Crippen LogP contribution in [0.25, 0.3) is 4.96 Å². The van der Waals surface area contributed by atoms with Crippen molar-refractivity contribution in [3.05, 3.63) is 57.3 Å². The van der Waals surface area contributed by atoms with Crippen molar-refractivity contribution in [3.63, 3.8) is 0 Å². The Labute approximate surface area is 137 Å². The van der Waals surface area contributed by atoms with Crippen LogP contribution in [0.2, 0.25) is 0 Å². The van der Waals surface area contributed by atoms with Gasteiger partial charge in [0.05, 0.1) is 5.69 Å². The van der Waals surface area contributed by atoms with Crippen LogP contribution in [0.1, 0.15) is 29.8 Å². The largest absolute Gasteiger partial charge is 0.310 e. The maximum absolute atomic E-state index is 4.70. The van der Waals surface area contributed by atoms with Crippen LogP contribution in [0.5, 0.6) is 0 Å². The van der Waals surface area contributed by atoms with E-state index in [9.17, 15) is 0 Å². The third kappa shape index (κ3) is 3.05. The van der Waals surface area contributed by atoms with Gasteiger partial charge in [0.25, 0.3) is 0 Å². The number of hydrogen-bond donors (Lipinski definition) is 1. The lowest BCUT2D eigenvalue weighted by molar-refractivity contribution is 0.542. The van der Waals surface area contributed by atoms with Gasteiger partial charge in [-0.3, -0.25) is 4.40 Å². The number of aromatic nitrogens is 2. The van der Waals surface area contributed by atoms with Crippen molar-refractivity contribution in [1.29, 1.82) is 0 Å². The van der Waals surface area contributed by atoms with Gasteiger partial charge in [0, 0.05) is 34.7 Å². The normalized spacial score (nSPS) is 12.9. The van der Waals surface area contributed by atoms with E-state index in [1.54, 1.807) is 11.3 Å². The molecule has 0 spiro atoms. The molecular weight excluding hydrogens is 346 g/mol. The van der Waals surface area contributed by atoms with Gasteiger partial charge >= 0.3 is 0 Å². The quantitative estimate of drug-likeness (QED) is 0.729. The van der Waals surface area contributed by atoms with Crippen molar-refractivity contribution in [2.24, 2.45) is 0 Å². The van der Waals surface area contributed by atoms with Gasteiger partial charge in [0.2, 0.25) is 0 Å². The van der Waals surface area contributed by atoms with Crippen LogP contribution in [0.3, 0.4) is 0 Å². The zero-order valence-corrected chi connectivity index (χ0v) is 14.5. The summed E-state index contributed by atoms with van der Waals surface area (Å²) < 4.78 is 3.25. The zero-order chi connectivity index (χ0) is 14.8. The average Bonchev–Trinajstić information content (AvgIpc) is 3.02.